The number of hydrogen-bond acceptors (Lipinski definition) is 3. The maximum atomic E-state index is 13.5. The quantitative estimate of drug-likeness (QED) is 0.619. The fraction of sp³-hybridized carbons (Fsp3) is 0.278. The molecule has 7 heteroatoms. The monoisotopic (exact) mass is 378 g/mol. The van der Waals surface area contributed by atoms with Gasteiger partial charge in [0.1, 0.15) is 11.0 Å². The highest BCUT2D eigenvalue weighted by molar-refractivity contribution is 7.90. The van der Waals surface area contributed by atoms with E-state index in [1.165, 1.54) is 22.2 Å². The minimum Gasteiger partial charge on any atom is -0.239 e. The van der Waals surface area contributed by atoms with Crippen molar-refractivity contribution < 1.29 is 12.8 Å². The number of aromatic nitrogens is 2. The Balaban J connectivity index is 1.95. The van der Waals surface area contributed by atoms with Gasteiger partial charge in [0.25, 0.3) is 10.0 Å². The molecule has 0 spiro atoms. The number of nitrogens with zero attached hydrogens (tertiary/aromatic N) is 2. The summed E-state index contributed by atoms with van der Waals surface area (Å²) >= 11 is 6.04. The minimum absolute atomic E-state index is 0.0858. The third-order valence-corrected chi connectivity index (χ3v) is 6.64. The van der Waals surface area contributed by atoms with Gasteiger partial charge in [0, 0.05) is 11.8 Å². The summed E-state index contributed by atoms with van der Waals surface area (Å²) in [5, 5.41) is 0.327. The van der Waals surface area contributed by atoms with Gasteiger partial charge in [0.2, 0.25) is 0 Å². The van der Waals surface area contributed by atoms with Gasteiger partial charge in [0.15, 0.2) is 0 Å². The number of halogens is 2. The van der Waals surface area contributed by atoms with Gasteiger partial charge in [-0.1, -0.05) is 30.5 Å². The standard InChI is InChI=1S/C18H16ClFN2O2S/c19-17-9-8-16-18(21-17)15(12-4-1-2-5-12)11-22(16)25(23,24)14-7-3-6-13(20)10-14/h3,6-12H,1-2,4-5H2. The molecule has 1 aliphatic carbocycles. The molecule has 0 bridgehead atoms. The minimum atomic E-state index is -3.92. The maximum absolute atomic E-state index is 13.5. The van der Waals surface area contributed by atoms with Crippen LogP contribution in [-0.4, -0.2) is 17.4 Å². The fourth-order valence-corrected chi connectivity index (χ4v) is 5.10. The normalized spacial score (nSPS) is 15.9. The lowest BCUT2D eigenvalue weighted by Gasteiger charge is -2.07. The average Bonchev–Trinajstić information content (AvgIpc) is 3.21. The molecule has 0 N–H and O–H groups in total. The molecule has 0 aliphatic heterocycles. The van der Waals surface area contributed by atoms with E-state index in [9.17, 15) is 12.8 Å². The first-order chi connectivity index (χ1) is 12.0. The van der Waals surface area contributed by atoms with E-state index >= 15 is 0 Å². The van der Waals surface area contributed by atoms with Crippen LogP contribution in [0.2, 0.25) is 5.15 Å². The SMILES string of the molecule is O=S(=O)(c1cccc(F)c1)n1cc(C2CCCC2)c2nc(Cl)ccc21. The second-order valence-corrected chi connectivity index (χ2v) is 8.53. The fourth-order valence-electron chi connectivity index (χ4n) is 3.55. The summed E-state index contributed by atoms with van der Waals surface area (Å²) in [6, 6.07) is 8.25. The van der Waals surface area contributed by atoms with Crippen LogP contribution in [0.3, 0.4) is 0 Å². The molecule has 1 fully saturated rings. The van der Waals surface area contributed by atoms with Crippen LogP contribution in [0, 0.1) is 5.82 Å². The molecule has 0 unspecified atom stereocenters. The Labute approximate surface area is 150 Å². The van der Waals surface area contributed by atoms with Crippen molar-refractivity contribution in [1.29, 1.82) is 0 Å². The lowest BCUT2D eigenvalue weighted by Crippen LogP contribution is -2.12. The van der Waals surface area contributed by atoms with Gasteiger partial charge in [0.05, 0.1) is 15.9 Å². The molecule has 1 aliphatic rings. The zero-order valence-corrected chi connectivity index (χ0v) is 14.9. The number of benzene rings is 1. The van der Waals surface area contributed by atoms with Crippen molar-refractivity contribution in [3.63, 3.8) is 0 Å². The maximum Gasteiger partial charge on any atom is 0.268 e. The predicted octanol–water partition coefficient (Wildman–Crippen LogP) is 4.72. The van der Waals surface area contributed by atoms with E-state index in [1.54, 1.807) is 18.3 Å². The molecule has 4 nitrogen and oxygen atoms in total. The van der Waals surface area contributed by atoms with Crippen molar-refractivity contribution in [2.24, 2.45) is 0 Å². The van der Waals surface area contributed by atoms with Crippen LogP contribution in [0.15, 0.2) is 47.5 Å². The number of rotatable bonds is 3. The molecule has 0 amide bonds. The van der Waals surface area contributed by atoms with Gasteiger partial charge in [-0.05, 0) is 49.1 Å². The molecule has 2 heterocycles. The van der Waals surface area contributed by atoms with Crippen LogP contribution >= 0.6 is 11.6 Å². The molecule has 2 aromatic heterocycles. The summed E-state index contributed by atoms with van der Waals surface area (Å²) in [5.41, 5.74) is 1.98. The predicted molar refractivity (Wildman–Crippen MR) is 94.9 cm³/mol. The van der Waals surface area contributed by atoms with Crippen molar-refractivity contribution in [3.8, 4) is 0 Å². The zero-order chi connectivity index (χ0) is 17.6. The summed E-state index contributed by atoms with van der Waals surface area (Å²) in [4.78, 5) is 4.29. The Bertz CT molecular complexity index is 1060. The third kappa shape index (κ3) is 2.83. The number of hydrogen-bond donors (Lipinski definition) is 0. The molecular weight excluding hydrogens is 363 g/mol. The molecule has 130 valence electrons. The van der Waals surface area contributed by atoms with Crippen molar-refractivity contribution in [2.45, 2.75) is 36.5 Å². The molecule has 0 atom stereocenters. The summed E-state index contributed by atoms with van der Waals surface area (Å²) in [6.45, 7) is 0. The third-order valence-electron chi connectivity index (χ3n) is 4.76. The Kier molecular flexibility index (Phi) is 4.04. The molecule has 0 radical (unpaired) electrons. The van der Waals surface area contributed by atoms with Crippen LogP contribution in [0.25, 0.3) is 11.0 Å². The van der Waals surface area contributed by atoms with Gasteiger partial charge < -0.3 is 0 Å². The molecule has 1 aromatic carbocycles. The first-order valence-electron chi connectivity index (χ1n) is 8.15. The van der Waals surface area contributed by atoms with E-state index in [0.717, 1.165) is 37.3 Å². The van der Waals surface area contributed by atoms with Gasteiger partial charge >= 0.3 is 0 Å². The topological polar surface area (TPSA) is 52.0 Å². The van der Waals surface area contributed by atoms with Gasteiger partial charge in [-0.3, -0.25) is 0 Å². The first kappa shape index (κ1) is 16.5. The Hall–Kier alpha value is -1.92. The van der Waals surface area contributed by atoms with E-state index in [4.69, 9.17) is 11.6 Å². The molecule has 0 saturated heterocycles. The summed E-state index contributed by atoms with van der Waals surface area (Å²) < 4.78 is 40.8. The highest BCUT2D eigenvalue weighted by atomic mass is 35.5. The highest BCUT2D eigenvalue weighted by Gasteiger charge is 2.27. The first-order valence-corrected chi connectivity index (χ1v) is 9.97. The van der Waals surface area contributed by atoms with E-state index in [0.29, 0.717) is 16.2 Å². The average molecular weight is 379 g/mol. The van der Waals surface area contributed by atoms with E-state index in [2.05, 4.69) is 4.98 Å². The Morgan fingerprint density at radius 1 is 1.16 bits per heavy atom. The summed E-state index contributed by atoms with van der Waals surface area (Å²) in [7, 11) is -3.92. The second kappa shape index (κ2) is 6.11. The summed E-state index contributed by atoms with van der Waals surface area (Å²) in [6.07, 6.45) is 5.88. The van der Waals surface area contributed by atoms with Crippen LogP contribution in [0.5, 0.6) is 0 Å². The van der Waals surface area contributed by atoms with Crippen LogP contribution < -0.4 is 0 Å². The van der Waals surface area contributed by atoms with Gasteiger partial charge in [-0.2, -0.15) is 0 Å². The summed E-state index contributed by atoms with van der Waals surface area (Å²) in [5.74, 6) is -0.313. The Morgan fingerprint density at radius 2 is 1.92 bits per heavy atom. The van der Waals surface area contributed by atoms with Crippen molar-refractivity contribution in [1.82, 2.24) is 8.96 Å². The molecule has 25 heavy (non-hydrogen) atoms. The number of fused-ring (bicyclic) bond motifs is 1. The van der Waals surface area contributed by atoms with E-state index < -0.39 is 15.8 Å². The molecule has 4 rings (SSSR count). The van der Waals surface area contributed by atoms with Crippen molar-refractivity contribution in [3.05, 3.63) is 59.1 Å². The lowest BCUT2D eigenvalue weighted by molar-refractivity contribution is 0.584. The lowest BCUT2D eigenvalue weighted by atomic mass is 10.00. The van der Waals surface area contributed by atoms with Crippen LogP contribution in [-0.2, 0) is 10.0 Å². The van der Waals surface area contributed by atoms with Crippen molar-refractivity contribution >= 4 is 32.7 Å². The van der Waals surface area contributed by atoms with E-state index in [1.807, 2.05) is 0 Å². The van der Waals surface area contributed by atoms with E-state index in [-0.39, 0.29) is 10.8 Å². The largest absolute Gasteiger partial charge is 0.268 e. The van der Waals surface area contributed by atoms with Crippen molar-refractivity contribution in [2.75, 3.05) is 0 Å². The molecule has 3 aromatic rings. The van der Waals surface area contributed by atoms with Crippen LogP contribution in [0.4, 0.5) is 4.39 Å². The zero-order valence-electron chi connectivity index (χ0n) is 13.3. The number of pyridine rings is 1. The molecule has 1 saturated carbocycles. The van der Waals surface area contributed by atoms with Gasteiger partial charge in [-0.25, -0.2) is 21.8 Å². The highest BCUT2D eigenvalue weighted by Crippen LogP contribution is 2.39. The van der Waals surface area contributed by atoms with Crippen LogP contribution in [0.1, 0.15) is 37.2 Å². The second-order valence-electron chi connectivity index (χ2n) is 6.33. The van der Waals surface area contributed by atoms with Gasteiger partial charge in [-0.15, -0.1) is 0 Å². The Morgan fingerprint density at radius 3 is 2.64 bits per heavy atom. The smallest absolute Gasteiger partial charge is 0.239 e. The molecular formula is C18H16ClFN2O2S.